The molecule has 0 spiro atoms. The summed E-state index contributed by atoms with van der Waals surface area (Å²) in [5.74, 6) is -0.536. The molecule has 0 aliphatic carbocycles. The molecule has 0 N–H and O–H groups in total. The van der Waals surface area contributed by atoms with E-state index in [2.05, 4.69) is 15.9 Å². The van der Waals surface area contributed by atoms with Gasteiger partial charge >= 0.3 is 0 Å². The van der Waals surface area contributed by atoms with Gasteiger partial charge in [0.1, 0.15) is 7.05 Å². The number of rotatable bonds is 4. The van der Waals surface area contributed by atoms with Crippen LogP contribution < -0.4 is 4.57 Å². The molecule has 158 valence electrons. The highest BCUT2D eigenvalue weighted by Crippen LogP contribution is 2.29. The first-order valence-corrected chi connectivity index (χ1v) is 12.1. The number of amides is 1. The molecule has 3 aromatic carbocycles. The summed E-state index contributed by atoms with van der Waals surface area (Å²) in [6.45, 7) is 3.42. The topological polar surface area (TPSA) is 58.3 Å². The average Bonchev–Trinajstić information content (AvgIpc) is 2.74. The zero-order valence-corrected chi connectivity index (χ0v) is 19.8. The Morgan fingerprint density at radius 1 is 0.871 bits per heavy atom. The molecule has 0 bridgehead atoms. The van der Waals surface area contributed by atoms with Gasteiger partial charge in [-0.1, -0.05) is 40.2 Å². The van der Waals surface area contributed by atoms with Crippen LogP contribution in [0, 0.1) is 0 Å². The van der Waals surface area contributed by atoms with Crippen molar-refractivity contribution in [1.29, 1.82) is 0 Å². The van der Waals surface area contributed by atoms with Crippen LogP contribution in [0.3, 0.4) is 0 Å². The first-order valence-electron chi connectivity index (χ1n) is 9.87. The largest absolute Gasteiger partial charge is 0.269 e. The van der Waals surface area contributed by atoms with Crippen molar-refractivity contribution in [3.05, 3.63) is 82.8 Å². The fourth-order valence-electron chi connectivity index (χ4n) is 3.91. The Hall–Kier alpha value is -2.77. The quantitative estimate of drug-likeness (QED) is 0.300. The van der Waals surface area contributed by atoms with Crippen LogP contribution in [0.5, 0.6) is 0 Å². The number of aromatic nitrogens is 1. The summed E-state index contributed by atoms with van der Waals surface area (Å²) in [5, 5.41) is 1.43. The molecule has 4 rings (SSSR count). The summed E-state index contributed by atoms with van der Waals surface area (Å²) >= 11 is 3.33. The Morgan fingerprint density at radius 2 is 1.35 bits per heavy atom. The number of benzene rings is 3. The van der Waals surface area contributed by atoms with E-state index in [1.807, 2.05) is 60.1 Å². The zero-order valence-electron chi connectivity index (χ0n) is 17.4. The fraction of sp³-hybridized carbons (Fsp3) is 0.167. The van der Waals surface area contributed by atoms with Crippen molar-refractivity contribution in [3.63, 3.8) is 0 Å². The summed E-state index contributed by atoms with van der Waals surface area (Å²) in [6, 6.07) is 20.9. The van der Waals surface area contributed by atoms with E-state index in [1.165, 1.54) is 12.1 Å². The molecular formula is C24H22BrN2O3S+. The van der Waals surface area contributed by atoms with Crippen molar-refractivity contribution >= 4 is 53.7 Å². The van der Waals surface area contributed by atoms with E-state index in [4.69, 9.17) is 0 Å². The van der Waals surface area contributed by atoms with Crippen molar-refractivity contribution in [3.8, 4) is 0 Å². The number of hydrogen-bond acceptors (Lipinski definition) is 3. The average molecular weight is 498 g/mol. The van der Waals surface area contributed by atoms with E-state index < -0.39 is 22.0 Å². The number of aryl methyl sites for hydroxylation is 1. The SMILES string of the molecule is CC(C)N(C(=O)c1c2ccccc2[n+](C)c2ccccc12)S(=O)(=O)c1ccc(Br)cc1. The van der Waals surface area contributed by atoms with Gasteiger partial charge in [0, 0.05) is 22.6 Å². The van der Waals surface area contributed by atoms with E-state index in [0.29, 0.717) is 16.3 Å². The molecule has 0 saturated heterocycles. The fourth-order valence-corrected chi connectivity index (χ4v) is 5.75. The van der Waals surface area contributed by atoms with Gasteiger partial charge in [0.15, 0.2) is 0 Å². The van der Waals surface area contributed by atoms with Gasteiger partial charge in [0.25, 0.3) is 15.9 Å². The molecule has 1 aromatic heterocycles. The Balaban J connectivity index is 2.01. The smallest absolute Gasteiger partial charge is 0.268 e. The second-order valence-electron chi connectivity index (χ2n) is 7.62. The van der Waals surface area contributed by atoms with Gasteiger partial charge in [0.2, 0.25) is 11.0 Å². The molecular weight excluding hydrogens is 476 g/mol. The van der Waals surface area contributed by atoms with Gasteiger partial charge in [-0.05, 0) is 50.2 Å². The second kappa shape index (κ2) is 8.05. The Kier molecular flexibility index (Phi) is 5.58. The molecule has 0 unspecified atom stereocenters. The highest BCUT2D eigenvalue weighted by atomic mass is 79.9. The van der Waals surface area contributed by atoms with Crippen LogP contribution in [0.15, 0.2) is 82.2 Å². The number of nitrogens with zero attached hydrogens (tertiary/aromatic N) is 2. The number of fused-ring (bicyclic) bond motifs is 2. The number of sulfonamides is 1. The van der Waals surface area contributed by atoms with Crippen molar-refractivity contribution in [2.45, 2.75) is 24.8 Å². The summed E-state index contributed by atoms with van der Waals surface area (Å²) < 4.78 is 30.8. The van der Waals surface area contributed by atoms with Gasteiger partial charge in [-0.15, -0.1) is 0 Å². The molecule has 0 fully saturated rings. The van der Waals surface area contributed by atoms with Gasteiger partial charge in [-0.25, -0.2) is 12.7 Å². The highest BCUT2D eigenvalue weighted by molar-refractivity contribution is 9.10. The summed E-state index contributed by atoms with van der Waals surface area (Å²) in [5.41, 5.74) is 2.10. The normalized spacial score (nSPS) is 11.9. The number of para-hydroxylation sites is 2. The minimum atomic E-state index is -4.06. The Bertz CT molecular complexity index is 1360. The van der Waals surface area contributed by atoms with Crippen LogP contribution >= 0.6 is 15.9 Å². The third-order valence-corrected chi connectivity index (χ3v) is 7.82. The molecule has 1 amide bonds. The molecule has 7 heteroatoms. The molecule has 0 aliphatic heterocycles. The van der Waals surface area contributed by atoms with Gasteiger partial charge in [0.05, 0.1) is 21.2 Å². The van der Waals surface area contributed by atoms with Crippen molar-refractivity contribution in [2.24, 2.45) is 7.05 Å². The number of hydrogen-bond donors (Lipinski definition) is 0. The molecule has 0 saturated carbocycles. The lowest BCUT2D eigenvalue weighted by Crippen LogP contribution is -2.42. The van der Waals surface area contributed by atoms with E-state index in [-0.39, 0.29) is 4.90 Å². The molecule has 0 atom stereocenters. The molecule has 0 aliphatic rings. The van der Waals surface area contributed by atoms with Crippen molar-refractivity contribution in [2.75, 3.05) is 0 Å². The molecule has 4 aromatic rings. The van der Waals surface area contributed by atoms with E-state index >= 15 is 0 Å². The second-order valence-corrected chi connectivity index (χ2v) is 10.4. The molecule has 0 radical (unpaired) electrons. The van der Waals surface area contributed by atoms with E-state index in [0.717, 1.165) is 19.8 Å². The lowest BCUT2D eigenvalue weighted by atomic mass is 10.0. The molecule has 31 heavy (non-hydrogen) atoms. The lowest BCUT2D eigenvalue weighted by molar-refractivity contribution is -0.617. The van der Waals surface area contributed by atoms with Crippen LogP contribution in [0.25, 0.3) is 21.8 Å². The maximum atomic E-state index is 13.9. The van der Waals surface area contributed by atoms with Crippen LogP contribution in [0.4, 0.5) is 0 Å². The van der Waals surface area contributed by atoms with Gasteiger partial charge < -0.3 is 0 Å². The predicted molar refractivity (Wildman–Crippen MR) is 125 cm³/mol. The van der Waals surface area contributed by atoms with Crippen LogP contribution in [-0.4, -0.2) is 24.7 Å². The molecule has 5 nitrogen and oxygen atoms in total. The maximum Gasteiger partial charge on any atom is 0.269 e. The molecule has 1 heterocycles. The standard InChI is InChI=1S/C24H22BrN2O3S/c1-16(2)27(31(29,30)18-14-12-17(25)13-15-18)24(28)23-19-8-4-6-10-21(19)26(3)22-11-7-5-9-20(22)23/h4-16H,1-3H3/q+1. The third kappa shape index (κ3) is 3.62. The van der Waals surface area contributed by atoms with Gasteiger partial charge in [-0.2, -0.15) is 4.57 Å². The highest BCUT2D eigenvalue weighted by Gasteiger charge is 2.35. The van der Waals surface area contributed by atoms with Crippen LogP contribution in [-0.2, 0) is 17.1 Å². The maximum absolute atomic E-state index is 13.9. The van der Waals surface area contributed by atoms with Crippen LogP contribution in [0.2, 0.25) is 0 Å². The Morgan fingerprint density at radius 3 is 1.84 bits per heavy atom. The Labute approximate surface area is 190 Å². The number of carbonyl (C=O) groups excluding carboxylic acids is 1. The first kappa shape index (κ1) is 21.5. The number of pyridine rings is 1. The summed E-state index contributed by atoms with van der Waals surface area (Å²) in [4.78, 5) is 14.0. The minimum Gasteiger partial charge on any atom is -0.268 e. The third-order valence-electron chi connectivity index (χ3n) is 5.32. The summed E-state index contributed by atoms with van der Waals surface area (Å²) in [7, 11) is -2.11. The number of halogens is 1. The van der Waals surface area contributed by atoms with Crippen molar-refractivity contribution < 1.29 is 17.8 Å². The predicted octanol–water partition coefficient (Wildman–Crippen LogP) is 4.82. The van der Waals surface area contributed by atoms with E-state index in [9.17, 15) is 13.2 Å². The first-order chi connectivity index (χ1) is 14.7. The number of carbonyl (C=O) groups is 1. The monoisotopic (exact) mass is 497 g/mol. The zero-order chi connectivity index (χ0) is 22.3. The summed E-state index contributed by atoms with van der Waals surface area (Å²) in [6.07, 6.45) is 0. The van der Waals surface area contributed by atoms with Gasteiger partial charge in [-0.3, -0.25) is 4.79 Å². The minimum absolute atomic E-state index is 0.0767. The van der Waals surface area contributed by atoms with Crippen molar-refractivity contribution in [1.82, 2.24) is 4.31 Å². The van der Waals surface area contributed by atoms with E-state index in [1.54, 1.807) is 26.0 Å². The van der Waals surface area contributed by atoms with Crippen LogP contribution in [0.1, 0.15) is 24.2 Å². The lowest BCUT2D eigenvalue weighted by Gasteiger charge is -2.27.